The second-order valence-electron chi connectivity index (χ2n) is 7.56. The Hall–Kier alpha value is -2.64. The van der Waals surface area contributed by atoms with Crippen molar-refractivity contribution < 1.29 is 14.2 Å². The molecule has 1 aromatic heterocycles. The molecule has 0 spiro atoms. The molecular formula is C24H34N4O3. The van der Waals surface area contributed by atoms with Crippen molar-refractivity contribution in [1.29, 1.82) is 0 Å². The number of methoxy groups -OCH3 is 1. The average molecular weight is 427 g/mol. The first-order chi connectivity index (χ1) is 15.3. The van der Waals surface area contributed by atoms with Gasteiger partial charge in [0.2, 0.25) is 0 Å². The molecule has 0 radical (unpaired) electrons. The van der Waals surface area contributed by atoms with Gasteiger partial charge in [0, 0.05) is 53.2 Å². The molecule has 3 rings (SSSR count). The van der Waals surface area contributed by atoms with Crippen LogP contribution in [0.1, 0.15) is 30.5 Å². The van der Waals surface area contributed by atoms with Crippen LogP contribution in [0.3, 0.4) is 0 Å². The predicted molar refractivity (Wildman–Crippen MR) is 122 cm³/mol. The lowest BCUT2D eigenvalue weighted by atomic mass is 10.1. The number of benzene rings is 1. The number of ether oxygens (including phenoxy) is 3. The third-order valence-electron chi connectivity index (χ3n) is 5.29. The molecule has 0 unspecified atom stereocenters. The molecule has 0 amide bonds. The van der Waals surface area contributed by atoms with E-state index in [1.165, 1.54) is 5.56 Å². The van der Waals surface area contributed by atoms with E-state index in [1.807, 2.05) is 37.4 Å². The van der Waals surface area contributed by atoms with Gasteiger partial charge in [0.25, 0.3) is 0 Å². The second-order valence-corrected chi connectivity index (χ2v) is 7.56. The minimum Gasteiger partial charge on any atom is -0.487 e. The van der Waals surface area contributed by atoms with Crippen LogP contribution in [0.15, 0.2) is 53.7 Å². The minimum atomic E-state index is 0.338. The molecule has 168 valence electrons. The zero-order valence-corrected chi connectivity index (χ0v) is 18.6. The molecular weight excluding hydrogens is 392 g/mol. The van der Waals surface area contributed by atoms with Gasteiger partial charge in [-0.25, -0.2) is 0 Å². The van der Waals surface area contributed by atoms with E-state index >= 15 is 0 Å². The van der Waals surface area contributed by atoms with Crippen LogP contribution in [0, 0.1) is 0 Å². The van der Waals surface area contributed by atoms with Crippen molar-refractivity contribution in [2.75, 3.05) is 40.5 Å². The number of guanidine groups is 1. The van der Waals surface area contributed by atoms with E-state index in [4.69, 9.17) is 14.2 Å². The van der Waals surface area contributed by atoms with Crippen LogP contribution >= 0.6 is 0 Å². The van der Waals surface area contributed by atoms with Crippen molar-refractivity contribution in [1.82, 2.24) is 15.2 Å². The molecule has 1 aliphatic heterocycles. The molecule has 7 nitrogen and oxygen atoms in total. The van der Waals surface area contributed by atoms with E-state index in [0.29, 0.717) is 12.7 Å². The van der Waals surface area contributed by atoms with Crippen LogP contribution in [0.4, 0.5) is 0 Å². The van der Waals surface area contributed by atoms with Gasteiger partial charge < -0.3 is 24.4 Å². The number of rotatable bonds is 10. The molecule has 1 aliphatic rings. The maximum atomic E-state index is 5.95. The summed E-state index contributed by atoms with van der Waals surface area (Å²) < 4.78 is 16.8. The van der Waals surface area contributed by atoms with Gasteiger partial charge in [-0.05, 0) is 49.1 Å². The monoisotopic (exact) mass is 426 g/mol. The predicted octanol–water partition coefficient (Wildman–Crippen LogP) is 3.25. The van der Waals surface area contributed by atoms with E-state index in [0.717, 1.165) is 69.5 Å². The molecule has 0 saturated carbocycles. The summed E-state index contributed by atoms with van der Waals surface area (Å²) >= 11 is 0. The summed E-state index contributed by atoms with van der Waals surface area (Å²) in [6.07, 6.45) is 5.11. The number of nitrogens with zero attached hydrogens (tertiary/aromatic N) is 3. The highest BCUT2D eigenvalue weighted by Gasteiger charge is 2.21. The van der Waals surface area contributed by atoms with Crippen molar-refractivity contribution in [2.24, 2.45) is 4.99 Å². The lowest BCUT2D eigenvalue weighted by Gasteiger charge is -2.34. The molecule has 1 fully saturated rings. The van der Waals surface area contributed by atoms with Crippen molar-refractivity contribution in [3.05, 3.63) is 59.9 Å². The molecule has 31 heavy (non-hydrogen) atoms. The first kappa shape index (κ1) is 23.0. The summed E-state index contributed by atoms with van der Waals surface area (Å²) in [5.74, 6) is 1.78. The first-order valence-electron chi connectivity index (χ1n) is 11.0. The van der Waals surface area contributed by atoms with Gasteiger partial charge in [0.15, 0.2) is 5.96 Å². The van der Waals surface area contributed by atoms with Gasteiger partial charge in [-0.2, -0.15) is 0 Å². The van der Waals surface area contributed by atoms with Crippen molar-refractivity contribution >= 4 is 5.96 Å². The van der Waals surface area contributed by atoms with Crippen molar-refractivity contribution in [2.45, 2.75) is 38.5 Å². The van der Waals surface area contributed by atoms with E-state index < -0.39 is 0 Å². The summed E-state index contributed by atoms with van der Waals surface area (Å²) in [4.78, 5) is 11.0. The van der Waals surface area contributed by atoms with Crippen molar-refractivity contribution in [3.63, 3.8) is 0 Å². The fourth-order valence-electron chi connectivity index (χ4n) is 3.55. The third kappa shape index (κ3) is 7.84. The maximum Gasteiger partial charge on any atom is 0.193 e. The Kier molecular flexibility index (Phi) is 9.60. The zero-order chi connectivity index (χ0) is 21.7. The number of nitrogens with one attached hydrogen (secondary N) is 1. The van der Waals surface area contributed by atoms with E-state index in [1.54, 1.807) is 13.3 Å². The van der Waals surface area contributed by atoms with Crippen LogP contribution < -0.4 is 10.1 Å². The summed E-state index contributed by atoms with van der Waals surface area (Å²) in [5.41, 5.74) is 2.10. The van der Waals surface area contributed by atoms with E-state index in [2.05, 4.69) is 32.3 Å². The van der Waals surface area contributed by atoms with Crippen LogP contribution in [-0.2, 0) is 22.6 Å². The average Bonchev–Trinajstić information content (AvgIpc) is 2.83. The summed E-state index contributed by atoms with van der Waals surface area (Å²) in [6.45, 7) is 4.63. The van der Waals surface area contributed by atoms with Gasteiger partial charge in [0.1, 0.15) is 12.4 Å². The van der Waals surface area contributed by atoms with Crippen molar-refractivity contribution in [3.8, 4) is 5.75 Å². The number of piperidine rings is 1. The molecule has 0 bridgehead atoms. The quantitative estimate of drug-likeness (QED) is 0.357. The maximum absolute atomic E-state index is 5.95. The number of aromatic nitrogens is 1. The Bertz CT molecular complexity index is 775. The number of hydrogen-bond donors (Lipinski definition) is 1. The Balaban J connectivity index is 1.38. The molecule has 2 heterocycles. The van der Waals surface area contributed by atoms with Gasteiger partial charge in [0.05, 0.1) is 11.8 Å². The van der Waals surface area contributed by atoms with E-state index in [-0.39, 0.29) is 0 Å². The second kappa shape index (κ2) is 12.9. The smallest absolute Gasteiger partial charge is 0.193 e. The fourth-order valence-corrected chi connectivity index (χ4v) is 3.55. The lowest BCUT2D eigenvalue weighted by molar-refractivity contribution is 0.00989. The normalized spacial score (nSPS) is 15.2. The molecule has 1 N–H and O–H groups in total. The Morgan fingerprint density at radius 3 is 2.61 bits per heavy atom. The van der Waals surface area contributed by atoms with Gasteiger partial charge in [-0.1, -0.05) is 18.2 Å². The first-order valence-corrected chi connectivity index (χ1v) is 11.0. The zero-order valence-electron chi connectivity index (χ0n) is 18.6. The summed E-state index contributed by atoms with van der Waals surface area (Å²) in [5, 5.41) is 3.48. The van der Waals surface area contributed by atoms with Gasteiger partial charge >= 0.3 is 0 Å². The minimum absolute atomic E-state index is 0.338. The number of hydrogen-bond acceptors (Lipinski definition) is 5. The Morgan fingerprint density at radius 2 is 1.94 bits per heavy atom. The van der Waals surface area contributed by atoms with Crippen LogP contribution in [0.2, 0.25) is 0 Å². The Morgan fingerprint density at radius 1 is 1.13 bits per heavy atom. The molecule has 0 aliphatic carbocycles. The molecule has 2 aromatic rings. The molecule has 7 heteroatoms. The number of pyridine rings is 1. The standard InChI is InChI=1S/C24H34N4O3/c1-25-24(28-14-11-23(12-15-28)30-17-5-16-29-2)27-18-20-7-9-22(10-8-20)31-19-21-6-3-4-13-26-21/h3-4,6-10,13,23H,5,11-12,14-19H2,1-2H3,(H,25,27). The van der Waals surface area contributed by atoms with Crippen LogP contribution in [0.25, 0.3) is 0 Å². The fraction of sp³-hybridized carbons (Fsp3) is 0.500. The highest BCUT2D eigenvalue weighted by Crippen LogP contribution is 2.16. The van der Waals surface area contributed by atoms with E-state index in [9.17, 15) is 0 Å². The Labute approximate surface area is 185 Å². The highest BCUT2D eigenvalue weighted by molar-refractivity contribution is 5.79. The van der Waals surface area contributed by atoms with Gasteiger partial charge in [-0.15, -0.1) is 0 Å². The molecule has 0 atom stereocenters. The van der Waals surface area contributed by atoms with Gasteiger partial charge in [-0.3, -0.25) is 9.98 Å². The summed E-state index contributed by atoms with van der Waals surface area (Å²) in [6, 6.07) is 14.0. The topological polar surface area (TPSA) is 68.2 Å². The number of likely N-dealkylation sites (tertiary alicyclic amines) is 1. The molecule has 1 saturated heterocycles. The van der Waals surface area contributed by atoms with Crippen LogP contribution in [0.5, 0.6) is 5.75 Å². The summed E-state index contributed by atoms with van der Waals surface area (Å²) in [7, 11) is 3.56. The SMILES string of the molecule is CN=C(NCc1ccc(OCc2ccccn2)cc1)N1CCC(OCCCOC)CC1. The highest BCUT2D eigenvalue weighted by atomic mass is 16.5. The third-order valence-corrected chi connectivity index (χ3v) is 5.29. The van der Waals surface area contributed by atoms with Crippen LogP contribution in [-0.4, -0.2) is 62.4 Å². The molecule has 1 aromatic carbocycles. The largest absolute Gasteiger partial charge is 0.487 e. The number of aliphatic imine (C=N–C) groups is 1. The lowest BCUT2D eigenvalue weighted by Crippen LogP contribution is -2.46.